The Bertz CT molecular complexity index is 999. The summed E-state index contributed by atoms with van der Waals surface area (Å²) in [4.78, 5) is 21.3. The number of rotatable bonds is 4. The number of fused-ring (bicyclic) bond motifs is 1. The maximum absolute atomic E-state index is 12.7. The molecule has 1 amide bonds. The number of anilines is 1. The molecule has 8 nitrogen and oxygen atoms in total. The van der Waals surface area contributed by atoms with Gasteiger partial charge in [-0.3, -0.25) is 9.20 Å². The van der Waals surface area contributed by atoms with Crippen molar-refractivity contribution in [2.45, 2.75) is 20.0 Å². The molecule has 0 saturated carbocycles. The fraction of sp³-hybridized carbons (Fsp3) is 0.368. The van der Waals surface area contributed by atoms with Gasteiger partial charge in [0.25, 0.3) is 11.7 Å². The number of amides is 1. The maximum atomic E-state index is 12.7. The van der Waals surface area contributed by atoms with Crippen LogP contribution in [-0.4, -0.2) is 62.7 Å². The molecule has 3 heterocycles. The van der Waals surface area contributed by atoms with Crippen LogP contribution in [0.15, 0.2) is 36.7 Å². The number of ether oxygens (including phenoxy) is 1. The van der Waals surface area contributed by atoms with Crippen molar-refractivity contribution in [1.29, 1.82) is 0 Å². The average Bonchev–Trinajstić information content (AvgIpc) is 3.17. The van der Waals surface area contributed by atoms with E-state index in [1.54, 1.807) is 37.5 Å². The van der Waals surface area contributed by atoms with Crippen molar-refractivity contribution in [3.63, 3.8) is 0 Å². The van der Waals surface area contributed by atoms with Crippen LogP contribution in [-0.2, 0) is 4.79 Å². The van der Waals surface area contributed by atoms with Crippen molar-refractivity contribution in [2.75, 3.05) is 31.1 Å². The highest BCUT2D eigenvalue weighted by Gasteiger charge is 2.27. The van der Waals surface area contributed by atoms with Crippen LogP contribution in [0.4, 0.5) is 5.82 Å². The van der Waals surface area contributed by atoms with E-state index >= 15 is 0 Å². The van der Waals surface area contributed by atoms with Gasteiger partial charge in [0.2, 0.25) is 0 Å². The Hall–Kier alpha value is -2.87. The molecule has 0 N–H and O–H groups in total. The molecule has 1 unspecified atom stereocenters. The summed E-state index contributed by atoms with van der Waals surface area (Å²) >= 11 is 5.97. The fourth-order valence-corrected chi connectivity index (χ4v) is 3.50. The van der Waals surface area contributed by atoms with Gasteiger partial charge in [-0.1, -0.05) is 17.7 Å². The lowest BCUT2D eigenvalue weighted by Crippen LogP contribution is -2.52. The molecule has 1 aliphatic heterocycles. The molecule has 1 saturated heterocycles. The van der Waals surface area contributed by atoms with Gasteiger partial charge in [-0.15, -0.1) is 10.2 Å². The van der Waals surface area contributed by atoms with E-state index in [4.69, 9.17) is 16.3 Å². The lowest BCUT2D eigenvalue weighted by Gasteiger charge is -2.36. The summed E-state index contributed by atoms with van der Waals surface area (Å²) in [6.45, 7) is 6.38. The van der Waals surface area contributed by atoms with Crippen LogP contribution in [0.2, 0.25) is 5.02 Å². The summed E-state index contributed by atoms with van der Waals surface area (Å²) < 4.78 is 7.60. The fourth-order valence-electron chi connectivity index (χ4n) is 3.31. The third-order valence-corrected chi connectivity index (χ3v) is 5.07. The van der Waals surface area contributed by atoms with Crippen LogP contribution in [0.5, 0.6) is 5.75 Å². The highest BCUT2D eigenvalue weighted by molar-refractivity contribution is 6.30. The number of aromatic nitrogens is 4. The van der Waals surface area contributed by atoms with Crippen LogP contribution < -0.4 is 9.64 Å². The lowest BCUT2D eigenvalue weighted by atomic mass is 10.2. The Morgan fingerprint density at radius 1 is 1.21 bits per heavy atom. The molecule has 0 bridgehead atoms. The molecule has 1 aliphatic rings. The van der Waals surface area contributed by atoms with E-state index in [1.165, 1.54) is 0 Å². The first kappa shape index (κ1) is 18.5. The van der Waals surface area contributed by atoms with Crippen LogP contribution in [0.3, 0.4) is 0 Å². The first-order valence-corrected chi connectivity index (χ1v) is 9.52. The molecular formula is C19H21ClN6O2. The van der Waals surface area contributed by atoms with Gasteiger partial charge in [0, 0.05) is 43.0 Å². The number of carbonyl (C=O) groups is 1. The molecule has 1 aromatic carbocycles. The van der Waals surface area contributed by atoms with Gasteiger partial charge in [0.1, 0.15) is 17.9 Å². The molecule has 1 fully saturated rings. The third-order valence-electron chi connectivity index (χ3n) is 4.83. The minimum Gasteiger partial charge on any atom is -0.481 e. The maximum Gasteiger partial charge on any atom is 0.263 e. The Kier molecular flexibility index (Phi) is 5.04. The zero-order chi connectivity index (χ0) is 19.7. The molecule has 146 valence electrons. The highest BCUT2D eigenvalue weighted by Crippen LogP contribution is 2.20. The highest BCUT2D eigenvalue weighted by atomic mass is 35.5. The zero-order valence-corrected chi connectivity index (χ0v) is 16.5. The quantitative estimate of drug-likeness (QED) is 0.668. The SMILES string of the molecule is Cc1cc(N2CCN(C(=O)C(C)Oc3cccc(Cl)c3)CC2)nc2nncn12. The Morgan fingerprint density at radius 3 is 2.75 bits per heavy atom. The van der Waals surface area contributed by atoms with E-state index in [-0.39, 0.29) is 5.91 Å². The van der Waals surface area contributed by atoms with Gasteiger partial charge in [-0.05, 0) is 32.0 Å². The molecule has 0 spiro atoms. The number of aryl methyl sites for hydroxylation is 1. The zero-order valence-electron chi connectivity index (χ0n) is 15.7. The average molecular weight is 401 g/mol. The van der Waals surface area contributed by atoms with Gasteiger partial charge in [-0.25, -0.2) is 0 Å². The second kappa shape index (κ2) is 7.63. The van der Waals surface area contributed by atoms with Crippen LogP contribution >= 0.6 is 11.6 Å². The van der Waals surface area contributed by atoms with Crippen molar-refractivity contribution in [2.24, 2.45) is 0 Å². The predicted octanol–water partition coefficient (Wildman–Crippen LogP) is 2.20. The molecule has 0 radical (unpaired) electrons. The predicted molar refractivity (Wildman–Crippen MR) is 106 cm³/mol. The minimum atomic E-state index is -0.572. The van der Waals surface area contributed by atoms with Crippen LogP contribution in [0, 0.1) is 6.92 Å². The van der Waals surface area contributed by atoms with E-state index in [2.05, 4.69) is 20.1 Å². The normalized spacial score (nSPS) is 15.7. The second-order valence-electron chi connectivity index (χ2n) is 6.79. The van der Waals surface area contributed by atoms with Crippen molar-refractivity contribution in [1.82, 2.24) is 24.5 Å². The number of piperazine rings is 1. The summed E-state index contributed by atoms with van der Waals surface area (Å²) in [5.41, 5.74) is 1.02. The summed E-state index contributed by atoms with van der Waals surface area (Å²) in [6, 6.07) is 9.08. The number of benzene rings is 1. The van der Waals surface area contributed by atoms with E-state index < -0.39 is 6.10 Å². The van der Waals surface area contributed by atoms with Crippen LogP contribution in [0.1, 0.15) is 12.6 Å². The van der Waals surface area contributed by atoms with Crippen molar-refractivity contribution in [3.8, 4) is 5.75 Å². The third kappa shape index (κ3) is 3.73. The molecule has 0 aliphatic carbocycles. The molecule has 9 heteroatoms. The van der Waals surface area contributed by atoms with E-state index in [1.807, 2.05) is 22.3 Å². The van der Waals surface area contributed by atoms with Crippen LogP contribution in [0.25, 0.3) is 5.78 Å². The van der Waals surface area contributed by atoms with Gasteiger partial charge >= 0.3 is 0 Å². The van der Waals surface area contributed by atoms with E-state index in [0.717, 1.165) is 11.5 Å². The summed E-state index contributed by atoms with van der Waals surface area (Å²) in [6.07, 6.45) is 1.08. The number of halogens is 1. The standard InChI is InChI=1S/C19H21ClN6O2/c1-13-10-17(22-19-23-21-12-26(13)19)24-6-8-25(9-7-24)18(27)14(2)28-16-5-3-4-15(20)11-16/h3-5,10-12,14H,6-9H2,1-2H3. The lowest BCUT2D eigenvalue weighted by molar-refractivity contribution is -0.138. The molecular weight excluding hydrogens is 380 g/mol. The Labute approximate surface area is 167 Å². The van der Waals surface area contributed by atoms with Gasteiger partial charge < -0.3 is 14.5 Å². The smallest absolute Gasteiger partial charge is 0.263 e. The monoisotopic (exact) mass is 400 g/mol. The van der Waals surface area contributed by atoms with Crippen molar-refractivity contribution >= 4 is 29.1 Å². The van der Waals surface area contributed by atoms with Gasteiger partial charge in [0.05, 0.1) is 0 Å². The van der Waals surface area contributed by atoms with Crippen molar-refractivity contribution < 1.29 is 9.53 Å². The van der Waals surface area contributed by atoms with Crippen molar-refractivity contribution in [3.05, 3.63) is 47.4 Å². The molecule has 2 aromatic heterocycles. The van der Waals surface area contributed by atoms with E-state index in [9.17, 15) is 4.79 Å². The second-order valence-corrected chi connectivity index (χ2v) is 7.22. The topological polar surface area (TPSA) is 75.9 Å². The minimum absolute atomic E-state index is 0.0309. The number of hydrogen-bond donors (Lipinski definition) is 0. The summed E-state index contributed by atoms with van der Waals surface area (Å²) in [7, 11) is 0. The number of nitrogens with zero attached hydrogens (tertiary/aromatic N) is 6. The summed E-state index contributed by atoms with van der Waals surface area (Å²) in [5.74, 6) is 2.00. The molecule has 3 aromatic rings. The molecule has 1 atom stereocenters. The van der Waals surface area contributed by atoms with Gasteiger partial charge in [0.15, 0.2) is 6.10 Å². The molecule has 28 heavy (non-hydrogen) atoms. The van der Waals surface area contributed by atoms with Gasteiger partial charge in [-0.2, -0.15) is 4.98 Å². The number of hydrogen-bond acceptors (Lipinski definition) is 6. The molecule has 4 rings (SSSR count). The largest absolute Gasteiger partial charge is 0.481 e. The number of carbonyl (C=O) groups excluding carboxylic acids is 1. The van der Waals surface area contributed by atoms with E-state index in [0.29, 0.717) is 42.7 Å². The Balaban J connectivity index is 1.38. The first-order chi connectivity index (χ1) is 13.5. The first-order valence-electron chi connectivity index (χ1n) is 9.14. The summed E-state index contributed by atoms with van der Waals surface area (Å²) in [5, 5.41) is 8.51. The Morgan fingerprint density at radius 2 is 2.00 bits per heavy atom.